The molecule has 5 heteroatoms. The molecular formula is C19H27NO3S. The van der Waals surface area contributed by atoms with Crippen molar-refractivity contribution < 1.29 is 14.3 Å². The van der Waals surface area contributed by atoms with Crippen LogP contribution in [-0.4, -0.2) is 49.6 Å². The molecule has 1 heterocycles. The fraction of sp³-hybridized carbons (Fsp3) is 0.632. The van der Waals surface area contributed by atoms with E-state index in [0.717, 1.165) is 31.2 Å². The smallest absolute Gasteiger partial charge is 0.232 e. The second kappa shape index (κ2) is 7.68. The summed E-state index contributed by atoms with van der Waals surface area (Å²) in [5, 5.41) is 0. The van der Waals surface area contributed by atoms with Gasteiger partial charge in [-0.2, -0.15) is 11.8 Å². The normalized spacial score (nSPS) is 23.4. The van der Waals surface area contributed by atoms with Crippen molar-refractivity contribution in [3.8, 4) is 11.5 Å². The fourth-order valence-electron chi connectivity index (χ4n) is 3.35. The molecule has 1 aliphatic carbocycles. The minimum absolute atomic E-state index is 0.246. The third-order valence-electron chi connectivity index (χ3n) is 5.02. The summed E-state index contributed by atoms with van der Waals surface area (Å²) in [6.45, 7) is 4.65. The zero-order valence-corrected chi connectivity index (χ0v) is 15.6. The van der Waals surface area contributed by atoms with Gasteiger partial charge in [-0.25, -0.2) is 0 Å². The zero-order chi connectivity index (χ0) is 17.1. The highest BCUT2D eigenvalue weighted by atomic mass is 32.2. The van der Waals surface area contributed by atoms with Gasteiger partial charge in [0.25, 0.3) is 0 Å². The molecule has 0 aromatic heterocycles. The molecule has 0 bridgehead atoms. The average molecular weight is 349 g/mol. The molecule has 0 spiro atoms. The first-order valence-electron chi connectivity index (χ1n) is 8.69. The molecule has 4 nitrogen and oxygen atoms in total. The molecule has 1 aromatic rings. The lowest BCUT2D eigenvalue weighted by Crippen LogP contribution is -2.30. The fourth-order valence-corrected chi connectivity index (χ4v) is 3.78. The number of rotatable bonds is 7. The van der Waals surface area contributed by atoms with E-state index in [1.807, 2.05) is 17.2 Å². The Morgan fingerprint density at radius 3 is 2.75 bits per heavy atom. The third-order valence-corrected chi connectivity index (χ3v) is 5.56. The number of hydrogen-bond donors (Lipinski definition) is 0. The summed E-state index contributed by atoms with van der Waals surface area (Å²) in [7, 11) is 1.68. The maximum absolute atomic E-state index is 12.2. The van der Waals surface area contributed by atoms with Crippen LogP contribution in [0.5, 0.6) is 11.5 Å². The van der Waals surface area contributed by atoms with Gasteiger partial charge in [0.2, 0.25) is 5.91 Å². The summed E-state index contributed by atoms with van der Waals surface area (Å²) in [5.74, 6) is 3.98. The Hall–Kier alpha value is -1.36. The van der Waals surface area contributed by atoms with Gasteiger partial charge < -0.3 is 14.4 Å². The molecule has 2 aliphatic rings. The van der Waals surface area contributed by atoms with Gasteiger partial charge in [-0.15, -0.1) is 0 Å². The van der Waals surface area contributed by atoms with Crippen LogP contribution in [0, 0.1) is 11.8 Å². The third kappa shape index (κ3) is 4.00. The predicted octanol–water partition coefficient (Wildman–Crippen LogP) is 3.41. The molecule has 1 saturated carbocycles. The van der Waals surface area contributed by atoms with Gasteiger partial charge >= 0.3 is 0 Å². The Morgan fingerprint density at radius 2 is 2.08 bits per heavy atom. The monoisotopic (exact) mass is 349 g/mol. The highest BCUT2D eigenvalue weighted by Gasteiger charge is 2.33. The topological polar surface area (TPSA) is 38.8 Å². The lowest BCUT2D eigenvalue weighted by Gasteiger charge is -2.18. The van der Waals surface area contributed by atoms with Crippen LogP contribution >= 0.6 is 11.8 Å². The minimum Gasteiger partial charge on any atom is -0.493 e. The van der Waals surface area contributed by atoms with Crippen LogP contribution in [0.15, 0.2) is 18.2 Å². The van der Waals surface area contributed by atoms with Crippen LogP contribution < -0.4 is 9.47 Å². The molecule has 1 saturated heterocycles. The predicted molar refractivity (Wildman–Crippen MR) is 98.1 cm³/mol. The molecule has 1 amide bonds. The summed E-state index contributed by atoms with van der Waals surface area (Å²) in [4.78, 5) is 14.2. The molecule has 2 atom stereocenters. The molecule has 1 aromatic carbocycles. The van der Waals surface area contributed by atoms with Crippen molar-refractivity contribution in [2.75, 3.05) is 38.8 Å². The summed E-state index contributed by atoms with van der Waals surface area (Å²) < 4.78 is 11.4. The number of thioether (sulfide) groups is 1. The quantitative estimate of drug-likeness (QED) is 0.756. The van der Waals surface area contributed by atoms with Crippen LogP contribution in [0.3, 0.4) is 0 Å². The number of ether oxygens (including phenoxy) is 2. The van der Waals surface area contributed by atoms with E-state index in [9.17, 15) is 4.79 Å². The number of likely N-dealkylation sites (tertiary alicyclic amines) is 1. The molecular weight excluding hydrogens is 322 g/mol. The van der Waals surface area contributed by atoms with E-state index in [0.29, 0.717) is 23.5 Å². The standard InChI is InChI=1S/C19H27NO3S/c1-13-9-20(19(21)12-24-3)10-16(13)15-6-7-17(22-2)18(8-15)23-11-14-4-5-14/h6-8,13-14,16H,4-5,9-12H2,1-3H3. The Kier molecular flexibility index (Phi) is 5.59. The molecule has 1 aliphatic heterocycles. The summed E-state index contributed by atoms with van der Waals surface area (Å²) in [6.07, 6.45) is 4.52. The van der Waals surface area contributed by atoms with Crippen molar-refractivity contribution >= 4 is 17.7 Å². The maximum atomic E-state index is 12.2. The SMILES string of the molecule is COc1ccc(C2CN(C(=O)CSC)CC2C)cc1OCC1CC1. The van der Waals surface area contributed by atoms with E-state index in [-0.39, 0.29) is 5.91 Å². The summed E-state index contributed by atoms with van der Waals surface area (Å²) in [6, 6.07) is 6.23. The Balaban J connectivity index is 1.73. The van der Waals surface area contributed by atoms with Crippen molar-refractivity contribution in [3.63, 3.8) is 0 Å². The molecule has 2 unspecified atom stereocenters. The molecule has 24 heavy (non-hydrogen) atoms. The van der Waals surface area contributed by atoms with Crippen LogP contribution in [-0.2, 0) is 4.79 Å². The summed E-state index contributed by atoms with van der Waals surface area (Å²) in [5.41, 5.74) is 1.24. The molecule has 0 N–H and O–H groups in total. The van der Waals surface area contributed by atoms with E-state index in [2.05, 4.69) is 19.1 Å². The van der Waals surface area contributed by atoms with Gasteiger partial charge in [-0.05, 0) is 48.6 Å². The van der Waals surface area contributed by atoms with Crippen LogP contribution in [0.1, 0.15) is 31.2 Å². The van der Waals surface area contributed by atoms with Crippen molar-refractivity contribution in [2.45, 2.75) is 25.7 Å². The number of carbonyl (C=O) groups is 1. The van der Waals surface area contributed by atoms with Gasteiger partial charge in [0.1, 0.15) is 0 Å². The van der Waals surface area contributed by atoms with Crippen molar-refractivity contribution in [1.82, 2.24) is 4.90 Å². The zero-order valence-electron chi connectivity index (χ0n) is 14.8. The molecule has 132 valence electrons. The first kappa shape index (κ1) is 17.5. The first-order chi connectivity index (χ1) is 11.6. The van der Waals surface area contributed by atoms with E-state index >= 15 is 0 Å². The lowest BCUT2D eigenvalue weighted by molar-refractivity contribution is -0.127. The highest BCUT2D eigenvalue weighted by Crippen LogP contribution is 2.38. The van der Waals surface area contributed by atoms with E-state index in [4.69, 9.17) is 9.47 Å². The number of hydrogen-bond acceptors (Lipinski definition) is 4. The first-order valence-corrected chi connectivity index (χ1v) is 10.1. The minimum atomic E-state index is 0.246. The summed E-state index contributed by atoms with van der Waals surface area (Å²) >= 11 is 1.59. The van der Waals surface area contributed by atoms with Gasteiger partial charge in [-0.3, -0.25) is 4.79 Å². The average Bonchev–Trinajstić information content (AvgIpc) is 3.33. The second-order valence-corrected chi connectivity index (χ2v) is 7.85. The Bertz CT molecular complexity index is 588. The van der Waals surface area contributed by atoms with Crippen molar-refractivity contribution in [3.05, 3.63) is 23.8 Å². The van der Waals surface area contributed by atoms with Gasteiger partial charge in [0, 0.05) is 19.0 Å². The van der Waals surface area contributed by atoms with Crippen molar-refractivity contribution in [2.24, 2.45) is 11.8 Å². The van der Waals surface area contributed by atoms with E-state index in [1.165, 1.54) is 18.4 Å². The van der Waals surface area contributed by atoms with Gasteiger partial charge in [0.05, 0.1) is 19.5 Å². The second-order valence-electron chi connectivity index (χ2n) is 6.98. The molecule has 3 rings (SSSR count). The van der Waals surface area contributed by atoms with Crippen LogP contribution in [0.4, 0.5) is 0 Å². The van der Waals surface area contributed by atoms with Crippen molar-refractivity contribution in [1.29, 1.82) is 0 Å². The molecule has 2 fully saturated rings. The number of methoxy groups -OCH3 is 1. The van der Waals surface area contributed by atoms with E-state index < -0.39 is 0 Å². The van der Waals surface area contributed by atoms with E-state index in [1.54, 1.807) is 18.9 Å². The number of carbonyl (C=O) groups excluding carboxylic acids is 1. The van der Waals surface area contributed by atoms with Crippen LogP contribution in [0.25, 0.3) is 0 Å². The van der Waals surface area contributed by atoms with Crippen LogP contribution in [0.2, 0.25) is 0 Å². The Morgan fingerprint density at radius 1 is 1.29 bits per heavy atom. The number of nitrogens with zero attached hydrogens (tertiary/aromatic N) is 1. The largest absolute Gasteiger partial charge is 0.493 e. The maximum Gasteiger partial charge on any atom is 0.232 e. The van der Waals surface area contributed by atoms with Gasteiger partial charge in [0.15, 0.2) is 11.5 Å². The number of amides is 1. The Labute approximate surface area is 148 Å². The molecule has 0 radical (unpaired) electrons. The van der Waals surface area contributed by atoms with Gasteiger partial charge in [-0.1, -0.05) is 13.0 Å². The number of benzene rings is 1. The lowest BCUT2D eigenvalue weighted by atomic mass is 9.90. The highest BCUT2D eigenvalue weighted by molar-refractivity contribution is 7.99.